The van der Waals surface area contributed by atoms with Crippen LogP contribution in [0.5, 0.6) is 0 Å². The number of hydrogen-bond acceptors (Lipinski definition) is 6. The third-order valence-corrected chi connectivity index (χ3v) is 7.29. The fraction of sp³-hybridized carbons (Fsp3) is 0.474. The predicted octanol–water partition coefficient (Wildman–Crippen LogP) is 3.70. The molecule has 0 bridgehead atoms. The summed E-state index contributed by atoms with van der Waals surface area (Å²) in [5.74, 6) is 0.422. The maximum atomic E-state index is 12.9. The zero-order valence-corrected chi connectivity index (χ0v) is 16.5. The highest BCUT2D eigenvalue weighted by molar-refractivity contribution is 7.18. The molecule has 5 rings (SSSR count). The van der Waals surface area contributed by atoms with Crippen molar-refractivity contribution in [2.75, 3.05) is 5.32 Å². The highest BCUT2D eigenvalue weighted by Gasteiger charge is 2.29. The molecule has 140 valence electrons. The number of anilines is 1. The summed E-state index contributed by atoms with van der Waals surface area (Å²) in [5.41, 5.74) is 3.98. The van der Waals surface area contributed by atoms with Gasteiger partial charge in [0, 0.05) is 23.8 Å². The average Bonchev–Trinajstić information content (AvgIpc) is 3.28. The molecule has 0 spiro atoms. The first-order valence-corrected chi connectivity index (χ1v) is 11.1. The Balaban J connectivity index is 1.32. The van der Waals surface area contributed by atoms with Crippen molar-refractivity contribution >= 4 is 43.8 Å². The van der Waals surface area contributed by atoms with Crippen LogP contribution in [0.2, 0.25) is 0 Å². The third-order valence-electron chi connectivity index (χ3n) is 5.33. The summed E-state index contributed by atoms with van der Waals surface area (Å²) < 4.78 is 1.58. The van der Waals surface area contributed by atoms with Gasteiger partial charge in [-0.05, 0) is 44.1 Å². The minimum Gasteiger partial charge on any atom is -0.316 e. The normalized spacial score (nSPS) is 16.4. The Morgan fingerprint density at radius 2 is 2.11 bits per heavy atom. The zero-order valence-electron chi connectivity index (χ0n) is 14.9. The van der Waals surface area contributed by atoms with Crippen LogP contribution in [0.4, 0.5) is 5.00 Å². The van der Waals surface area contributed by atoms with Gasteiger partial charge >= 0.3 is 0 Å². The maximum Gasteiger partial charge on any atom is 0.262 e. The van der Waals surface area contributed by atoms with Gasteiger partial charge < -0.3 is 5.32 Å². The first-order valence-electron chi connectivity index (χ1n) is 9.43. The summed E-state index contributed by atoms with van der Waals surface area (Å²) in [7, 11) is 0. The van der Waals surface area contributed by atoms with Gasteiger partial charge in [-0.1, -0.05) is 0 Å². The van der Waals surface area contributed by atoms with Gasteiger partial charge in [-0.3, -0.25) is 14.2 Å². The topological polar surface area (TPSA) is 76.9 Å². The first-order chi connectivity index (χ1) is 13.2. The van der Waals surface area contributed by atoms with E-state index in [1.54, 1.807) is 27.7 Å². The van der Waals surface area contributed by atoms with Crippen LogP contribution in [0.1, 0.15) is 54.2 Å². The lowest BCUT2D eigenvalue weighted by Crippen LogP contribution is -2.24. The molecule has 1 saturated carbocycles. The smallest absolute Gasteiger partial charge is 0.262 e. The molecule has 2 aliphatic carbocycles. The van der Waals surface area contributed by atoms with Crippen molar-refractivity contribution in [2.45, 2.75) is 57.4 Å². The van der Waals surface area contributed by atoms with Crippen LogP contribution in [0.3, 0.4) is 0 Å². The second-order valence-electron chi connectivity index (χ2n) is 7.27. The predicted molar refractivity (Wildman–Crippen MR) is 108 cm³/mol. The number of rotatable bonds is 5. The SMILES string of the molecule is O=C(CCn1cnc2sc3c(c2c1=O)CCCC3)Nc1scnc1C1CC1. The van der Waals surface area contributed by atoms with E-state index < -0.39 is 0 Å². The monoisotopic (exact) mass is 400 g/mol. The molecule has 0 saturated heterocycles. The van der Waals surface area contributed by atoms with Crippen molar-refractivity contribution in [1.29, 1.82) is 0 Å². The van der Waals surface area contributed by atoms with Crippen LogP contribution in [0.15, 0.2) is 16.6 Å². The molecule has 27 heavy (non-hydrogen) atoms. The Morgan fingerprint density at radius 3 is 2.96 bits per heavy atom. The number of aryl methyl sites for hydroxylation is 3. The van der Waals surface area contributed by atoms with E-state index in [1.807, 2.05) is 0 Å². The molecular weight excluding hydrogens is 380 g/mol. The molecule has 3 aromatic rings. The minimum atomic E-state index is -0.0829. The molecule has 1 N–H and O–H groups in total. The van der Waals surface area contributed by atoms with Crippen LogP contribution in [-0.2, 0) is 24.2 Å². The number of aromatic nitrogens is 3. The van der Waals surface area contributed by atoms with Crippen molar-refractivity contribution < 1.29 is 4.79 Å². The average molecular weight is 401 g/mol. The van der Waals surface area contributed by atoms with Crippen LogP contribution in [0, 0.1) is 0 Å². The Hall–Kier alpha value is -2.06. The highest BCUT2D eigenvalue weighted by Crippen LogP contribution is 2.43. The van der Waals surface area contributed by atoms with Crippen molar-refractivity contribution in [3.63, 3.8) is 0 Å². The van der Waals surface area contributed by atoms with E-state index in [-0.39, 0.29) is 17.9 Å². The first kappa shape index (κ1) is 17.1. The van der Waals surface area contributed by atoms with Crippen LogP contribution >= 0.6 is 22.7 Å². The van der Waals surface area contributed by atoms with Crippen molar-refractivity contribution in [3.8, 4) is 0 Å². The lowest BCUT2D eigenvalue weighted by atomic mass is 9.97. The number of carbonyl (C=O) groups is 1. The molecule has 0 unspecified atom stereocenters. The van der Waals surface area contributed by atoms with Crippen LogP contribution in [-0.4, -0.2) is 20.4 Å². The van der Waals surface area contributed by atoms with Crippen LogP contribution < -0.4 is 10.9 Å². The summed E-state index contributed by atoms with van der Waals surface area (Å²) in [6, 6.07) is 0. The van der Waals surface area contributed by atoms with Gasteiger partial charge in [0.15, 0.2) is 0 Å². The Morgan fingerprint density at radius 1 is 1.26 bits per heavy atom. The number of fused-ring (bicyclic) bond motifs is 3. The summed E-state index contributed by atoms with van der Waals surface area (Å²) >= 11 is 3.12. The van der Waals surface area contributed by atoms with Gasteiger partial charge in [-0.2, -0.15) is 0 Å². The molecule has 6 nitrogen and oxygen atoms in total. The van der Waals surface area contributed by atoms with E-state index >= 15 is 0 Å². The van der Waals surface area contributed by atoms with Gasteiger partial charge in [0.1, 0.15) is 9.83 Å². The lowest BCUT2D eigenvalue weighted by Gasteiger charge is -2.10. The number of amides is 1. The molecular formula is C19H20N4O2S2. The molecule has 1 amide bonds. The highest BCUT2D eigenvalue weighted by atomic mass is 32.1. The van der Waals surface area contributed by atoms with E-state index in [0.29, 0.717) is 12.5 Å². The Bertz CT molecular complexity index is 1080. The van der Waals surface area contributed by atoms with Crippen LogP contribution in [0.25, 0.3) is 10.2 Å². The number of thiazole rings is 1. The molecule has 3 aromatic heterocycles. The van der Waals surface area contributed by atoms with Gasteiger partial charge in [-0.15, -0.1) is 22.7 Å². The number of carbonyl (C=O) groups excluding carboxylic acids is 1. The van der Waals surface area contributed by atoms with Crippen molar-refractivity contribution in [1.82, 2.24) is 14.5 Å². The molecule has 8 heteroatoms. The fourth-order valence-electron chi connectivity index (χ4n) is 3.75. The van der Waals surface area contributed by atoms with Crippen molar-refractivity contribution in [3.05, 3.63) is 38.3 Å². The summed E-state index contributed by atoms with van der Waals surface area (Å²) in [6.07, 6.45) is 8.48. The maximum absolute atomic E-state index is 12.9. The summed E-state index contributed by atoms with van der Waals surface area (Å²) in [5, 5.41) is 4.60. The van der Waals surface area contributed by atoms with Gasteiger partial charge in [-0.25, -0.2) is 9.97 Å². The number of thiophene rings is 1. The second-order valence-corrected chi connectivity index (χ2v) is 9.21. The van der Waals surface area contributed by atoms with E-state index in [2.05, 4.69) is 15.3 Å². The van der Waals surface area contributed by atoms with Crippen molar-refractivity contribution in [2.24, 2.45) is 0 Å². The second kappa shape index (κ2) is 6.83. The quantitative estimate of drug-likeness (QED) is 0.708. The zero-order chi connectivity index (χ0) is 18.4. The van der Waals surface area contributed by atoms with E-state index in [0.717, 1.165) is 53.0 Å². The summed E-state index contributed by atoms with van der Waals surface area (Å²) in [6.45, 7) is 0.343. The molecule has 2 aliphatic rings. The number of nitrogens with zero attached hydrogens (tertiary/aromatic N) is 3. The van der Waals surface area contributed by atoms with Gasteiger partial charge in [0.25, 0.3) is 5.56 Å². The molecule has 0 radical (unpaired) electrons. The molecule has 0 atom stereocenters. The minimum absolute atomic E-state index is 0.0105. The molecule has 0 aromatic carbocycles. The Kier molecular flexibility index (Phi) is 4.32. The molecule has 0 aliphatic heterocycles. The summed E-state index contributed by atoms with van der Waals surface area (Å²) in [4.78, 5) is 36.3. The van der Waals surface area contributed by atoms with E-state index in [9.17, 15) is 9.59 Å². The number of hydrogen-bond donors (Lipinski definition) is 1. The molecule has 3 heterocycles. The standard InChI is InChI=1S/C19H20N4O2S2/c24-14(22-18-16(11-5-6-11)21-10-26-18)7-8-23-9-20-17-15(19(23)25)12-3-1-2-4-13(12)27-17/h9-11H,1-8H2,(H,22,24). The fourth-order valence-corrected chi connectivity index (χ4v) is 5.75. The Labute approximate surface area is 164 Å². The van der Waals surface area contributed by atoms with E-state index in [4.69, 9.17) is 0 Å². The van der Waals surface area contributed by atoms with Gasteiger partial charge in [0.2, 0.25) is 5.91 Å². The lowest BCUT2D eigenvalue weighted by molar-refractivity contribution is -0.116. The van der Waals surface area contributed by atoms with E-state index in [1.165, 1.54) is 28.2 Å². The number of nitrogens with one attached hydrogen (secondary N) is 1. The molecule has 1 fully saturated rings. The third kappa shape index (κ3) is 3.21. The van der Waals surface area contributed by atoms with Gasteiger partial charge in [0.05, 0.1) is 22.9 Å². The largest absolute Gasteiger partial charge is 0.316 e.